The predicted octanol–water partition coefficient (Wildman–Crippen LogP) is 3.35. The van der Waals surface area contributed by atoms with E-state index in [0.717, 1.165) is 18.1 Å². The molecular formula is C13H20O. The molecular weight excluding hydrogens is 172 g/mol. The van der Waals surface area contributed by atoms with Crippen molar-refractivity contribution in [2.24, 2.45) is 17.8 Å². The van der Waals surface area contributed by atoms with Crippen LogP contribution in [0.2, 0.25) is 0 Å². The first kappa shape index (κ1) is 9.95. The molecule has 1 nitrogen and oxygen atoms in total. The summed E-state index contributed by atoms with van der Waals surface area (Å²) in [4.78, 5) is 10.2. The Bertz CT molecular complexity index is 213. The molecule has 2 fully saturated rings. The summed E-state index contributed by atoms with van der Waals surface area (Å²) in [5.41, 5.74) is 0. The number of carbonyl (C=O) groups excluding carboxylic acids is 1. The maximum atomic E-state index is 10.2. The molecule has 1 heteroatoms. The molecule has 2 aliphatic carbocycles. The van der Waals surface area contributed by atoms with Crippen molar-refractivity contribution in [2.45, 2.75) is 44.9 Å². The van der Waals surface area contributed by atoms with Gasteiger partial charge in [-0.3, -0.25) is 4.79 Å². The van der Waals surface area contributed by atoms with Gasteiger partial charge in [0, 0.05) is 0 Å². The van der Waals surface area contributed by atoms with Crippen LogP contribution in [0.4, 0.5) is 0 Å². The van der Waals surface area contributed by atoms with E-state index in [-0.39, 0.29) is 0 Å². The number of carbonyl (C=O) groups is 1. The molecule has 0 heterocycles. The van der Waals surface area contributed by atoms with Crippen molar-refractivity contribution in [1.82, 2.24) is 0 Å². The quantitative estimate of drug-likeness (QED) is 0.495. The number of hydrogen-bond acceptors (Lipinski definition) is 1. The molecule has 78 valence electrons. The molecule has 0 amide bonds. The van der Waals surface area contributed by atoms with Crippen LogP contribution < -0.4 is 0 Å². The SMILES string of the molecule is O=C/C=C/C1CCC(C2CCCC2)C1. The third-order valence-electron chi connectivity index (χ3n) is 4.04. The molecule has 0 aliphatic heterocycles. The summed E-state index contributed by atoms with van der Waals surface area (Å²) in [6.45, 7) is 0. The van der Waals surface area contributed by atoms with E-state index in [9.17, 15) is 4.79 Å². The molecule has 0 aromatic carbocycles. The average molecular weight is 192 g/mol. The molecule has 0 saturated heterocycles. The van der Waals surface area contributed by atoms with Crippen molar-refractivity contribution < 1.29 is 4.79 Å². The van der Waals surface area contributed by atoms with Crippen LogP contribution in [0.15, 0.2) is 12.2 Å². The summed E-state index contributed by atoms with van der Waals surface area (Å²) in [6.07, 6.45) is 14.6. The molecule has 0 aromatic heterocycles. The van der Waals surface area contributed by atoms with Gasteiger partial charge in [0.2, 0.25) is 0 Å². The Balaban J connectivity index is 1.81. The fourth-order valence-electron chi connectivity index (χ4n) is 3.29. The number of rotatable bonds is 3. The minimum Gasteiger partial charge on any atom is -0.299 e. The Kier molecular flexibility index (Phi) is 3.39. The largest absolute Gasteiger partial charge is 0.299 e. The molecule has 2 aliphatic rings. The van der Waals surface area contributed by atoms with Gasteiger partial charge >= 0.3 is 0 Å². The highest BCUT2D eigenvalue weighted by atomic mass is 16.1. The highest BCUT2D eigenvalue weighted by Gasteiger charge is 2.30. The van der Waals surface area contributed by atoms with E-state index in [2.05, 4.69) is 6.08 Å². The number of aldehydes is 1. The Morgan fingerprint density at radius 2 is 1.71 bits per heavy atom. The second-order valence-electron chi connectivity index (χ2n) is 4.90. The maximum absolute atomic E-state index is 10.2. The zero-order valence-electron chi connectivity index (χ0n) is 8.82. The summed E-state index contributed by atoms with van der Waals surface area (Å²) in [5, 5.41) is 0. The average Bonchev–Trinajstić information content (AvgIpc) is 2.85. The second-order valence-corrected chi connectivity index (χ2v) is 4.90. The Labute approximate surface area is 86.6 Å². The minimum atomic E-state index is 0.700. The van der Waals surface area contributed by atoms with Crippen LogP contribution in [-0.4, -0.2) is 6.29 Å². The summed E-state index contributed by atoms with van der Waals surface area (Å²) in [7, 11) is 0. The van der Waals surface area contributed by atoms with Crippen molar-refractivity contribution in [1.29, 1.82) is 0 Å². The molecule has 0 radical (unpaired) electrons. The molecule has 0 spiro atoms. The van der Waals surface area contributed by atoms with Crippen LogP contribution in [0.1, 0.15) is 44.9 Å². The fourth-order valence-corrected chi connectivity index (χ4v) is 3.29. The van der Waals surface area contributed by atoms with Gasteiger partial charge in [0.1, 0.15) is 6.29 Å². The lowest BCUT2D eigenvalue weighted by Gasteiger charge is -2.17. The molecule has 0 bridgehead atoms. The molecule has 14 heavy (non-hydrogen) atoms. The van der Waals surface area contributed by atoms with E-state index in [0.29, 0.717) is 5.92 Å². The van der Waals surface area contributed by atoms with Crippen molar-refractivity contribution in [3.63, 3.8) is 0 Å². The summed E-state index contributed by atoms with van der Waals surface area (Å²) in [5.74, 6) is 2.69. The molecule has 0 N–H and O–H groups in total. The fraction of sp³-hybridized carbons (Fsp3) is 0.769. The number of allylic oxidation sites excluding steroid dienone is 2. The van der Waals surface area contributed by atoms with Gasteiger partial charge in [0.15, 0.2) is 0 Å². The first-order chi connectivity index (χ1) is 6.90. The Morgan fingerprint density at radius 3 is 2.43 bits per heavy atom. The molecule has 2 saturated carbocycles. The summed E-state index contributed by atoms with van der Waals surface area (Å²) in [6, 6.07) is 0. The van der Waals surface area contributed by atoms with Crippen LogP contribution in [0.5, 0.6) is 0 Å². The highest BCUT2D eigenvalue weighted by Crippen LogP contribution is 2.42. The zero-order valence-corrected chi connectivity index (χ0v) is 8.82. The van der Waals surface area contributed by atoms with E-state index in [1.54, 1.807) is 6.08 Å². The van der Waals surface area contributed by atoms with Gasteiger partial charge in [-0.1, -0.05) is 31.8 Å². The maximum Gasteiger partial charge on any atom is 0.142 e. The van der Waals surface area contributed by atoms with Crippen LogP contribution in [0, 0.1) is 17.8 Å². The zero-order chi connectivity index (χ0) is 9.80. The highest BCUT2D eigenvalue weighted by molar-refractivity contribution is 5.64. The first-order valence-electron chi connectivity index (χ1n) is 6.02. The lowest BCUT2D eigenvalue weighted by atomic mass is 9.89. The van der Waals surface area contributed by atoms with E-state index in [1.165, 1.54) is 44.9 Å². The van der Waals surface area contributed by atoms with Crippen molar-refractivity contribution in [3.8, 4) is 0 Å². The van der Waals surface area contributed by atoms with Gasteiger partial charge in [0.25, 0.3) is 0 Å². The molecule has 2 unspecified atom stereocenters. The van der Waals surface area contributed by atoms with Crippen molar-refractivity contribution >= 4 is 6.29 Å². The Morgan fingerprint density at radius 1 is 0.929 bits per heavy atom. The first-order valence-corrected chi connectivity index (χ1v) is 6.02. The monoisotopic (exact) mass is 192 g/mol. The molecule has 2 atom stereocenters. The second kappa shape index (κ2) is 4.77. The Hall–Kier alpha value is -0.590. The lowest BCUT2D eigenvalue weighted by molar-refractivity contribution is -0.104. The van der Waals surface area contributed by atoms with Crippen molar-refractivity contribution in [3.05, 3.63) is 12.2 Å². The smallest absolute Gasteiger partial charge is 0.142 e. The van der Waals surface area contributed by atoms with E-state index in [1.807, 2.05) is 0 Å². The van der Waals surface area contributed by atoms with E-state index >= 15 is 0 Å². The van der Waals surface area contributed by atoms with E-state index < -0.39 is 0 Å². The van der Waals surface area contributed by atoms with Crippen LogP contribution in [-0.2, 0) is 4.79 Å². The number of hydrogen-bond donors (Lipinski definition) is 0. The topological polar surface area (TPSA) is 17.1 Å². The lowest BCUT2D eigenvalue weighted by Crippen LogP contribution is -2.07. The predicted molar refractivity (Wildman–Crippen MR) is 58.0 cm³/mol. The minimum absolute atomic E-state index is 0.700. The normalized spacial score (nSPS) is 34.3. The van der Waals surface area contributed by atoms with Gasteiger partial charge in [-0.2, -0.15) is 0 Å². The van der Waals surface area contributed by atoms with E-state index in [4.69, 9.17) is 0 Å². The molecule has 2 rings (SSSR count). The summed E-state index contributed by atoms with van der Waals surface area (Å²) >= 11 is 0. The standard InChI is InChI=1S/C13H20O/c14-9-3-4-11-7-8-13(10-11)12-5-1-2-6-12/h3-4,9,11-13H,1-2,5-8,10H2/b4-3+. The van der Waals surface area contributed by atoms with Crippen LogP contribution >= 0.6 is 0 Å². The van der Waals surface area contributed by atoms with Gasteiger partial charge in [0.05, 0.1) is 0 Å². The van der Waals surface area contributed by atoms with Gasteiger partial charge in [-0.05, 0) is 43.1 Å². The summed E-state index contributed by atoms with van der Waals surface area (Å²) < 4.78 is 0. The van der Waals surface area contributed by atoms with Gasteiger partial charge in [-0.15, -0.1) is 0 Å². The van der Waals surface area contributed by atoms with Gasteiger partial charge < -0.3 is 0 Å². The van der Waals surface area contributed by atoms with Crippen LogP contribution in [0.25, 0.3) is 0 Å². The van der Waals surface area contributed by atoms with Crippen LogP contribution in [0.3, 0.4) is 0 Å². The van der Waals surface area contributed by atoms with Gasteiger partial charge in [-0.25, -0.2) is 0 Å². The molecule has 0 aromatic rings. The third kappa shape index (κ3) is 2.26. The third-order valence-corrected chi connectivity index (χ3v) is 4.04. The van der Waals surface area contributed by atoms with Crippen molar-refractivity contribution in [2.75, 3.05) is 0 Å².